The quantitative estimate of drug-likeness (QED) is 0.429. The summed E-state index contributed by atoms with van der Waals surface area (Å²) in [5.74, 6) is 0. The molecule has 3 heteroatoms. The molecule has 0 unspecified atom stereocenters. The van der Waals surface area contributed by atoms with Gasteiger partial charge in [0, 0.05) is 10.6 Å². The van der Waals surface area contributed by atoms with Gasteiger partial charge in [0.05, 0.1) is 6.04 Å². The van der Waals surface area contributed by atoms with Gasteiger partial charge in [0.1, 0.15) is 0 Å². The number of benzene rings is 4. The number of aryl methyl sites for hydroxylation is 1. The molecule has 4 rings (SSSR count). The van der Waals surface area contributed by atoms with Gasteiger partial charge in [-0.2, -0.15) is 0 Å². The second-order valence-electron chi connectivity index (χ2n) is 7.11. The van der Waals surface area contributed by atoms with Crippen LogP contribution in [0.5, 0.6) is 0 Å². The van der Waals surface area contributed by atoms with Crippen LogP contribution in [-0.4, -0.2) is 0 Å². The van der Waals surface area contributed by atoms with Crippen LogP contribution in [0, 0.1) is 6.92 Å². The monoisotopic (exact) mass is 397 g/mol. The molecule has 0 radical (unpaired) electrons. The molecule has 2 nitrogen and oxygen atoms in total. The highest BCUT2D eigenvalue weighted by molar-refractivity contribution is 7.76. The van der Waals surface area contributed by atoms with Gasteiger partial charge in [0.15, 0.2) is 0 Å². The first-order valence-corrected chi connectivity index (χ1v) is 11.5. The first kappa shape index (κ1) is 19.4. The van der Waals surface area contributed by atoms with E-state index in [4.69, 9.17) is 0 Å². The number of hydrogen-bond donors (Lipinski definition) is 1. The van der Waals surface area contributed by atoms with Crippen LogP contribution in [0.25, 0.3) is 0 Å². The van der Waals surface area contributed by atoms with E-state index in [9.17, 15) is 4.57 Å². The lowest BCUT2D eigenvalue weighted by Gasteiger charge is -2.28. The molecule has 144 valence electrons. The normalized spacial score (nSPS) is 12.4. The van der Waals surface area contributed by atoms with Crippen molar-refractivity contribution in [2.24, 2.45) is 0 Å². The third-order valence-electron chi connectivity index (χ3n) is 5.18. The van der Waals surface area contributed by atoms with Gasteiger partial charge >= 0.3 is 0 Å². The maximum Gasteiger partial charge on any atom is 0.205 e. The molecule has 1 atom stereocenters. The molecule has 4 aromatic rings. The fourth-order valence-corrected chi connectivity index (χ4v) is 6.07. The fraction of sp³-hybridized carbons (Fsp3) is 0.0769. The Morgan fingerprint density at radius 1 is 0.621 bits per heavy atom. The number of nitrogens with one attached hydrogen (secondary N) is 1. The van der Waals surface area contributed by atoms with E-state index in [1.54, 1.807) is 0 Å². The van der Waals surface area contributed by atoms with E-state index in [1.165, 1.54) is 5.56 Å². The molecule has 4 aromatic carbocycles. The first-order chi connectivity index (χ1) is 14.2. The van der Waals surface area contributed by atoms with Crippen LogP contribution in [0.15, 0.2) is 115 Å². The summed E-state index contributed by atoms with van der Waals surface area (Å²) in [7, 11) is -3.08. The van der Waals surface area contributed by atoms with Gasteiger partial charge < -0.3 is 0 Å². The molecule has 1 N–H and O–H groups in total. The van der Waals surface area contributed by atoms with Gasteiger partial charge in [-0.1, -0.05) is 91.0 Å². The van der Waals surface area contributed by atoms with Crippen molar-refractivity contribution in [3.05, 3.63) is 132 Å². The third-order valence-corrected chi connectivity index (χ3v) is 7.86. The standard InChI is InChI=1S/C26H24NOP/c1-21-13-11-12-20-25(21)26(22-14-5-2-6-15-22)27-29(28,23-16-7-3-8-17-23)24-18-9-4-10-19-24/h2-20,26H,1H3,(H,27,28)/t26-/m1/s1. The highest BCUT2D eigenvalue weighted by Gasteiger charge is 2.31. The highest BCUT2D eigenvalue weighted by Crippen LogP contribution is 2.43. The molecular formula is C26H24NOP. The van der Waals surface area contributed by atoms with Crippen LogP contribution in [0.3, 0.4) is 0 Å². The molecule has 0 aromatic heterocycles. The summed E-state index contributed by atoms with van der Waals surface area (Å²) in [6, 6.07) is 37.8. The van der Waals surface area contributed by atoms with Gasteiger partial charge in [-0.3, -0.25) is 4.57 Å². The molecule has 0 fully saturated rings. The smallest absolute Gasteiger partial charge is 0.205 e. The Kier molecular flexibility index (Phi) is 5.76. The second-order valence-corrected chi connectivity index (χ2v) is 9.62. The molecule has 29 heavy (non-hydrogen) atoms. The Balaban J connectivity index is 1.88. The van der Waals surface area contributed by atoms with Crippen LogP contribution < -0.4 is 15.7 Å². The van der Waals surface area contributed by atoms with Gasteiger partial charge in [0.2, 0.25) is 7.29 Å². The lowest BCUT2D eigenvalue weighted by Crippen LogP contribution is -2.31. The summed E-state index contributed by atoms with van der Waals surface area (Å²) in [6.07, 6.45) is 0. The topological polar surface area (TPSA) is 29.1 Å². The number of rotatable bonds is 6. The van der Waals surface area contributed by atoms with E-state index in [-0.39, 0.29) is 6.04 Å². The Hall–Kier alpha value is -2.93. The van der Waals surface area contributed by atoms with Crippen molar-refractivity contribution < 1.29 is 4.57 Å². The van der Waals surface area contributed by atoms with E-state index < -0.39 is 7.29 Å². The summed E-state index contributed by atoms with van der Waals surface area (Å²) >= 11 is 0. The average molecular weight is 397 g/mol. The Morgan fingerprint density at radius 3 is 1.59 bits per heavy atom. The van der Waals surface area contributed by atoms with Gasteiger partial charge in [-0.15, -0.1) is 0 Å². The molecule has 0 aliphatic heterocycles. The zero-order valence-electron chi connectivity index (χ0n) is 16.4. The van der Waals surface area contributed by atoms with E-state index in [1.807, 2.05) is 91.0 Å². The molecule has 0 aliphatic rings. The van der Waals surface area contributed by atoms with Crippen molar-refractivity contribution in [2.45, 2.75) is 13.0 Å². The lowest BCUT2D eigenvalue weighted by atomic mass is 9.96. The molecule has 0 saturated heterocycles. The highest BCUT2D eigenvalue weighted by atomic mass is 31.2. The molecule has 0 amide bonds. The molecule has 0 spiro atoms. The van der Waals surface area contributed by atoms with Crippen molar-refractivity contribution in [3.8, 4) is 0 Å². The molecule has 0 bridgehead atoms. The minimum atomic E-state index is -3.08. The van der Waals surface area contributed by atoms with E-state index >= 15 is 0 Å². The Morgan fingerprint density at radius 2 is 1.07 bits per heavy atom. The van der Waals surface area contributed by atoms with Gasteiger partial charge in [-0.05, 0) is 47.9 Å². The molecule has 0 saturated carbocycles. The zero-order valence-corrected chi connectivity index (χ0v) is 17.3. The average Bonchev–Trinajstić information content (AvgIpc) is 2.80. The first-order valence-electron chi connectivity index (χ1n) is 9.78. The summed E-state index contributed by atoms with van der Waals surface area (Å²) in [6.45, 7) is 2.10. The zero-order chi connectivity index (χ0) is 20.1. The SMILES string of the molecule is Cc1ccccc1[C@H](NP(=O)(c1ccccc1)c1ccccc1)c1ccccc1. The minimum Gasteiger partial charge on any atom is -0.296 e. The predicted octanol–water partition coefficient (Wildman–Crippen LogP) is 5.60. The molecule has 0 aliphatic carbocycles. The third kappa shape index (κ3) is 4.10. The van der Waals surface area contributed by atoms with E-state index in [2.05, 4.69) is 36.3 Å². The van der Waals surface area contributed by atoms with Crippen LogP contribution in [-0.2, 0) is 4.57 Å². The summed E-state index contributed by atoms with van der Waals surface area (Å²) in [5, 5.41) is 5.20. The van der Waals surface area contributed by atoms with Crippen LogP contribution in [0.2, 0.25) is 0 Å². The predicted molar refractivity (Wildman–Crippen MR) is 122 cm³/mol. The fourth-order valence-electron chi connectivity index (χ4n) is 3.64. The van der Waals surface area contributed by atoms with Gasteiger partial charge in [0.25, 0.3) is 0 Å². The second kappa shape index (κ2) is 8.61. The minimum absolute atomic E-state index is 0.191. The summed E-state index contributed by atoms with van der Waals surface area (Å²) in [5.41, 5.74) is 3.39. The van der Waals surface area contributed by atoms with Crippen LogP contribution in [0.4, 0.5) is 0 Å². The van der Waals surface area contributed by atoms with Crippen molar-refractivity contribution in [3.63, 3.8) is 0 Å². The van der Waals surface area contributed by atoms with Crippen molar-refractivity contribution >= 4 is 17.9 Å². The van der Waals surface area contributed by atoms with Crippen molar-refractivity contribution in [2.75, 3.05) is 0 Å². The molecule has 0 heterocycles. The largest absolute Gasteiger partial charge is 0.296 e. The van der Waals surface area contributed by atoms with Crippen molar-refractivity contribution in [1.29, 1.82) is 0 Å². The van der Waals surface area contributed by atoms with Crippen molar-refractivity contribution in [1.82, 2.24) is 5.09 Å². The Bertz CT molecular complexity index is 1070. The maximum absolute atomic E-state index is 14.6. The van der Waals surface area contributed by atoms with E-state index in [0.29, 0.717) is 0 Å². The van der Waals surface area contributed by atoms with E-state index in [0.717, 1.165) is 21.7 Å². The summed E-state index contributed by atoms with van der Waals surface area (Å²) < 4.78 is 14.6. The number of hydrogen-bond acceptors (Lipinski definition) is 1. The summed E-state index contributed by atoms with van der Waals surface area (Å²) in [4.78, 5) is 0. The van der Waals surface area contributed by atoms with Crippen LogP contribution in [0.1, 0.15) is 22.7 Å². The Labute approximate surface area is 172 Å². The van der Waals surface area contributed by atoms with Crippen LogP contribution >= 0.6 is 7.29 Å². The molecular weight excluding hydrogens is 373 g/mol. The maximum atomic E-state index is 14.6. The lowest BCUT2D eigenvalue weighted by molar-refractivity contribution is 0.571. The van der Waals surface area contributed by atoms with Gasteiger partial charge in [-0.25, -0.2) is 5.09 Å².